The summed E-state index contributed by atoms with van der Waals surface area (Å²) in [5, 5.41) is 31.0. The summed E-state index contributed by atoms with van der Waals surface area (Å²) in [6.07, 6.45) is 0.442. The largest absolute Gasteiger partial charge is 0.480 e. The standard InChI is InChI=1S/C25H29N5O6S/c31-23(32)14-28-8-9-30(16-25(35)36)22(10-18-4-6-19(7-5-18)26-17-37)13-29(15-24(33)34)12-21-3-1-2-20(11-28)27-21/h1-7,22H,8-16H2,(H,31,32)(H,33,34)(H,35,36). The van der Waals surface area contributed by atoms with Crippen LogP contribution in [0.15, 0.2) is 47.5 Å². The van der Waals surface area contributed by atoms with Crippen molar-refractivity contribution in [2.75, 3.05) is 39.3 Å². The smallest absolute Gasteiger partial charge is 0.317 e. The minimum Gasteiger partial charge on any atom is -0.480 e. The van der Waals surface area contributed by atoms with Crippen molar-refractivity contribution < 1.29 is 29.7 Å². The summed E-state index contributed by atoms with van der Waals surface area (Å²) >= 11 is 4.65. The molecule has 0 amide bonds. The molecule has 1 aromatic carbocycles. The molecule has 196 valence electrons. The maximum Gasteiger partial charge on any atom is 0.317 e. The molecule has 12 heteroatoms. The lowest BCUT2D eigenvalue weighted by Gasteiger charge is -2.36. The molecule has 1 aromatic heterocycles. The molecule has 2 bridgehead atoms. The van der Waals surface area contributed by atoms with E-state index in [9.17, 15) is 29.7 Å². The molecule has 0 fully saturated rings. The minimum absolute atomic E-state index is 0.218. The maximum atomic E-state index is 11.8. The average Bonchev–Trinajstić information content (AvgIpc) is 2.81. The second kappa shape index (κ2) is 13.7. The third-order valence-electron chi connectivity index (χ3n) is 5.96. The van der Waals surface area contributed by atoms with Crippen LogP contribution in [0.4, 0.5) is 5.69 Å². The fourth-order valence-electron chi connectivity index (χ4n) is 4.42. The summed E-state index contributed by atoms with van der Waals surface area (Å²) in [6, 6.07) is 12.3. The lowest BCUT2D eigenvalue weighted by molar-refractivity contribution is -0.141. The van der Waals surface area contributed by atoms with E-state index in [-0.39, 0.29) is 51.9 Å². The predicted molar refractivity (Wildman–Crippen MR) is 138 cm³/mol. The molecule has 3 rings (SSSR count). The average molecular weight is 528 g/mol. The first kappa shape index (κ1) is 28.0. The number of aromatic nitrogens is 1. The van der Waals surface area contributed by atoms with E-state index < -0.39 is 17.9 Å². The van der Waals surface area contributed by atoms with Gasteiger partial charge in [0.05, 0.1) is 41.9 Å². The summed E-state index contributed by atoms with van der Waals surface area (Å²) in [5.41, 5.74) is 2.87. The molecular weight excluding hydrogens is 498 g/mol. The van der Waals surface area contributed by atoms with Crippen LogP contribution in [0.2, 0.25) is 0 Å². The Balaban J connectivity index is 1.99. The number of aliphatic imine (C=N–C) groups is 1. The Bertz CT molecular complexity index is 1150. The van der Waals surface area contributed by atoms with Crippen LogP contribution in [0.1, 0.15) is 17.0 Å². The molecule has 1 aliphatic rings. The molecule has 2 heterocycles. The Morgan fingerprint density at radius 2 is 1.49 bits per heavy atom. The number of nitrogens with zero attached hydrogens (tertiary/aromatic N) is 5. The Hall–Kier alpha value is -3.54. The van der Waals surface area contributed by atoms with Crippen LogP contribution in [-0.4, -0.2) is 103 Å². The van der Waals surface area contributed by atoms with E-state index in [4.69, 9.17) is 0 Å². The highest BCUT2D eigenvalue weighted by atomic mass is 32.1. The van der Waals surface area contributed by atoms with E-state index >= 15 is 0 Å². The summed E-state index contributed by atoms with van der Waals surface area (Å²) in [4.78, 5) is 48.8. The van der Waals surface area contributed by atoms with E-state index in [0.29, 0.717) is 30.0 Å². The molecule has 3 N–H and O–H groups in total. The number of pyridine rings is 1. The number of benzene rings is 1. The molecule has 1 unspecified atom stereocenters. The molecule has 1 atom stereocenters. The maximum absolute atomic E-state index is 11.8. The van der Waals surface area contributed by atoms with Gasteiger partial charge in [0.2, 0.25) is 0 Å². The van der Waals surface area contributed by atoms with Gasteiger partial charge < -0.3 is 15.3 Å². The van der Waals surface area contributed by atoms with Gasteiger partial charge in [0.25, 0.3) is 0 Å². The third-order valence-corrected chi connectivity index (χ3v) is 6.05. The number of aliphatic carboxylic acids is 3. The quantitative estimate of drug-likeness (QED) is 0.323. The number of fused-ring (bicyclic) bond motifs is 2. The van der Waals surface area contributed by atoms with Crippen LogP contribution in [0.5, 0.6) is 0 Å². The third kappa shape index (κ3) is 9.45. The second-order valence-electron chi connectivity index (χ2n) is 8.88. The topological polar surface area (TPSA) is 147 Å². The number of hydrogen-bond acceptors (Lipinski definition) is 9. The number of carboxylic acid groups (broad SMARTS) is 3. The van der Waals surface area contributed by atoms with E-state index in [1.165, 1.54) is 0 Å². The number of thiocarbonyl (C=S) groups is 1. The zero-order valence-corrected chi connectivity index (χ0v) is 21.0. The van der Waals surface area contributed by atoms with Crippen LogP contribution in [0.3, 0.4) is 0 Å². The van der Waals surface area contributed by atoms with Crippen molar-refractivity contribution in [2.45, 2.75) is 25.6 Å². The van der Waals surface area contributed by atoms with Gasteiger partial charge in [0, 0.05) is 38.8 Å². The van der Waals surface area contributed by atoms with Gasteiger partial charge in [-0.3, -0.25) is 34.1 Å². The van der Waals surface area contributed by atoms with Crippen molar-refractivity contribution in [3.8, 4) is 0 Å². The molecule has 0 spiro atoms. The van der Waals surface area contributed by atoms with Gasteiger partial charge in [-0.2, -0.15) is 4.99 Å². The lowest BCUT2D eigenvalue weighted by Crippen LogP contribution is -2.50. The normalized spacial score (nSPS) is 17.7. The highest BCUT2D eigenvalue weighted by Gasteiger charge is 2.27. The van der Waals surface area contributed by atoms with Gasteiger partial charge in [0.1, 0.15) is 0 Å². The van der Waals surface area contributed by atoms with Gasteiger partial charge in [0.15, 0.2) is 0 Å². The summed E-state index contributed by atoms with van der Waals surface area (Å²) in [7, 11) is 0. The first-order chi connectivity index (χ1) is 17.7. The molecule has 0 saturated carbocycles. The zero-order valence-electron chi connectivity index (χ0n) is 20.2. The van der Waals surface area contributed by atoms with Gasteiger partial charge in [-0.15, -0.1) is 0 Å². The Kier molecular flexibility index (Phi) is 10.4. The van der Waals surface area contributed by atoms with Crippen LogP contribution in [-0.2, 0) is 33.9 Å². The van der Waals surface area contributed by atoms with Crippen LogP contribution >= 0.6 is 12.2 Å². The van der Waals surface area contributed by atoms with Crippen molar-refractivity contribution in [1.29, 1.82) is 0 Å². The van der Waals surface area contributed by atoms with Crippen LogP contribution in [0, 0.1) is 0 Å². The first-order valence-corrected chi connectivity index (χ1v) is 12.1. The summed E-state index contributed by atoms with van der Waals surface area (Å²) in [6.45, 7) is 0.627. The summed E-state index contributed by atoms with van der Waals surface area (Å²) < 4.78 is 0. The van der Waals surface area contributed by atoms with Crippen molar-refractivity contribution in [3.05, 3.63) is 59.4 Å². The molecule has 0 radical (unpaired) electrons. The molecule has 1 aliphatic heterocycles. The van der Waals surface area contributed by atoms with Crippen molar-refractivity contribution in [1.82, 2.24) is 19.7 Å². The first-order valence-electron chi connectivity index (χ1n) is 11.7. The van der Waals surface area contributed by atoms with E-state index in [2.05, 4.69) is 27.4 Å². The Morgan fingerprint density at radius 3 is 2.08 bits per heavy atom. The number of carbonyl (C=O) groups is 3. The Labute approximate surface area is 219 Å². The van der Waals surface area contributed by atoms with E-state index in [0.717, 1.165) is 5.56 Å². The predicted octanol–water partition coefficient (Wildman–Crippen LogP) is 1.60. The van der Waals surface area contributed by atoms with Crippen molar-refractivity contribution in [3.63, 3.8) is 0 Å². The lowest BCUT2D eigenvalue weighted by atomic mass is 10.0. The molecule has 37 heavy (non-hydrogen) atoms. The van der Waals surface area contributed by atoms with Crippen LogP contribution < -0.4 is 0 Å². The minimum atomic E-state index is -1.02. The molecular formula is C25H29N5O6S. The van der Waals surface area contributed by atoms with Crippen molar-refractivity contribution in [2.24, 2.45) is 4.99 Å². The van der Waals surface area contributed by atoms with Gasteiger partial charge >= 0.3 is 17.9 Å². The SMILES string of the molecule is O=C(O)CN1CCN(CC(=O)O)C(Cc2ccc(N=C=S)cc2)CN(CC(=O)O)Cc2cccc(n2)C1. The van der Waals surface area contributed by atoms with Crippen LogP contribution in [0.25, 0.3) is 0 Å². The molecule has 0 aliphatic carbocycles. The van der Waals surface area contributed by atoms with Gasteiger partial charge in [-0.1, -0.05) is 18.2 Å². The summed E-state index contributed by atoms with van der Waals surface area (Å²) in [5.74, 6) is -3.01. The number of isothiocyanates is 1. The monoisotopic (exact) mass is 527 g/mol. The number of rotatable bonds is 9. The van der Waals surface area contributed by atoms with Crippen molar-refractivity contribution >= 4 is 41.0 Å². The highest BCUT2D eigenvalue weighted by molar-refractivity contribution is 7.78. The number of hydrogen-bond donors (Lipinski definition) is 3. The van der Waals surface area contributed by atoms with Gasteiger partial charge in [-0.05, 0) is 48.5 Å². The second-order valence-corrected chi connectivity index (χ2v) is 9.06. The fourth-order valence-corrected chi connectivity index (χ4v) is 4.52. The molecule has 2 aromatic rings. The highest BCUT2D eigenvalue weighted by Crippen LogP contribution is 2.18. The number of carboxylic acids is 3. The van der Waals surface area contributed by atoms with E-state index in [1.54, 1.807) is 39.0 Å². The Morgan fingerprint density at radius 1 is 0.892 bits per heavy atom. The van der Waals surface area contributed by atoms with E-state index in [1.807, 2.05) is 18.2 Å². The molecule has 0 saturated heterocycles. The van der Waals surface area contributed by atoms with Gasteiger partial charge in [-0.25, -0.2) is 0 Å². The molecule has 11 nitrogen and oxygen atoms in total. The fraction of sp³-hybridized carbons (Fsp3) is 0.400. The zero-order chi connectivity index (χ0) is 26.8.